The van der Waals surface area contributed by atoms with E-state index >= 15 is 0 Å². The van der Waals surface area contributed by atoms with Gasteiger partial charge in [-0.05, 0) is 0 Å². The summed E-state index contributed by atoms with van der Waals surface area (Å²) in [6, 6.07) is 0. The molecule has 0 saturated carbocycles. The van der Waals surface area contributed by atoms with Crippen molar-refractivity contribution in [1.29, 1.82) is 0 Å². The maximum Gasteiger partial charge on any atom is 0.390 e. The van der Waals surface area contributed by atoms with Crippen LogP contribution in [0.5, 0.6) is 0 Å². The fraction of sp³-hybridized carbons (Fsp3) is 0.500. The Morgan fingerprint density at radius 1 is 1.38 bits per heavy atom. The first-order chi connectivity index (χ1) is 9.34. The number of hydrogen-bond acceptors (Lipinski definition) is 6. The van der Waals surface area contributed by atoms with E-state index in [1.807, 2.05) is 0 Å². The molecular formula is C10H14F3N3O3S2. The third-order valence-corrected chi connectivity index (χ3v) is 5.17. The van der Waals surface area contributed by atoms with Crippen LogP contribution in [0.2, 0.25) is 0 Å². The van der Waals surface area contributed by atoms with Crippen molar-refractivity contribution >= 4 is 37.8 Å². The van der Waals surface area contributed by atoms with Crippen LogP contribution in [0.25, 0.3) is 0 Å². The van der Waals surface area contributed by atoms with Crippen LogP contribution in [-0.2, 0) is 9.84 Å². The number of nitrogens with two attached hydrogens (primary N) is 2. The van der Waals surface area contributed by atoms with E-state index in [1.165, 1.54) is 7.05 Å². The molecule has 4 N–H and O–H groups in total. The molecule has 1 aromatic rings. The number of nitrogen functional groups attached to an aromatic ring is 1. The van der Waals surface area contributed by atoms with Gasteiger partial charge in [0.15, 0.2) is 9.84 Å². The lowest BCUT2D eigenvalue weighted by Gasteiger charge is -2.19. The third-order valence-electron chi connectivity index (χ3n) is 2.55. The van der Waals surface area contributed by atoms with Crippen LogP contribution >= 0.6 is 11.3 Å². The van der Waals surface area contributed by atoms with E-state index in [-0.39, 0.29) is 20.5 Å². The average Bonchev–Trinajstić information content (AvgIpc) is 2.62. The number of alkyl halides is 3. The van der Waals surface area contributed by atoms with Gasteiger partial charge < -0.3 is 16.4 Å². The van der Waals surface area contributed by atoms with Gasteiger partial charge in [-0.2, -0.15) is 13.2 Å². The Bertz CT molecular complexity index is 652. The minimum Gasteiger partial charge on any atom is -0.396 e. The van der Waals surface area contributed by atoms with Crippen molar-refractivity contribution in [2.75, 3.05) is 30.5 Å². The highest BCUT2D eigenvalue weighted by molar-refractivity contribution is 7.91. The number of carbonyl (C=O) groups excluding carboxylic acids is 1. The first kappa shape index (κ1) is 17.6. The van der Waals surface area contributed by atoms with Crippen LogP contribution in [0.3, 0.4) is 0 Å². The van der Waals surface area contributed by atoms with Crippen LogP contribution in [0.4, 0.5) is 23.9 Å². The van der Waals surface area contributed by atoms with Gasteiger partial charge in [0.1, 0.15) is 14.8 Å². The summed E-state index contributed by atoms with van der Waals surface area (Å²) < 4.78 is 60.2. The molecule has 1 rings (SSSR count). The summed E-state index contributed by atoms with van der Waals surface area (Å²) >= 11 is 0.660. The van der Waals surface area contributed by atoms with Crippen LogP contribution in [0.1, 0.15) is 16.1 Å². The number of amides is 1. The van der Waals surface area contributed by atoms with Crippen LogP contribution < -0.4 is 16.4 Å². The molecule has 0 spiro atoms. The smallest absolute Gasteiger partial charge is 0.390 e. The van der Waals surface area contributed by atoms with Gasteiger partial charge in [0.25, 0.3) is 5.91 Å². The van der Waals surface area contributed by atoms with Gasteiger partial charge in [0.05, 0.1) is 12.1 Å². The maximum absolute atomic E-state index is 12.2. The van der Waals surface area contributed by atoms with Crippen molar-refractivity contribution < 1.29 is 26.4 Å². The molecule has 0 aliphatic heterocycles. The number of primary amides is 1. The molecule has 120 valence electrons. The Hall–Kier alpha value is -1.49. The largest absolute Gasteiger partial charge is 0.396 e. The van der Waals surface area contributed by atoms with E-state index in [0.717, 1.165) is 11.2 Å². The highest BCUT2D eigenvalue weighted by Crippen LogP contribution is 2.41. The lowest BCUT2D eigenvalue weighted by molar-refractivity contribution is -0.132. The lowest BCUT2D eigenvalue weighted by atomic mass is 10.3. The minimum absolute atomic E-state index is 0.0342. The van der Waals surface area contributed by atoms with Crippen molar-refractivity contribution in [2.24, 2.45) is 5.73 Å². The Morgan fingerprint density at radius 2 is 1.90 bits per heavy atom. The van der Waals surface area contributed by atoms with Crippen LogP contribution in [0.15, 0.2) is 4.90 Å². The Balaban J connectivity index is 3.29. The predicted molar refractivity (Wildman–Crippen MR) is 74.3 cm³/mol. The molecule has 1 aromatic heterocycles. The fourth-order valence-electron chi connectivity index (χ4n) is 1.60. The maximum atomic E-state index is 12.2. The number of hydrogen-bond donors (Lipinski definition) is 2. The zero-order valence-electron chi connectivity index (χ0n) is 11.2. The number of rotatable bonds is 5. The monoisotopic (exact) mass is 345 g/mol. The minimum atomic E-state index is -4.38. The Kier molecular flexibility index (Phi) is 4.78. The Morgan fingerprint density at radius 3 is 2.29 bits per heavy atom. The van der Waals surface area contributed by atoms with E-state index in [4.69, 9.17) is 11.5 Å². The van der Waals surface area contributed by atoms with E-state index in [0.29, 0.717) is 11.3 Å². The predicted octanol–water partition coefficient (Wildman–Crippen LogP) is 1.22. The Labute approximate surface area is 123 Å². The van der Waals surface area contributed by atoms with Gasteiger partial charge >= 0.3 is 6.18 Å². The second kappa shape index (κ2) is 5.72. The number of halogens is 3. The zero-order valence-corrected chi connectivity index (χ0v) is 12.8. The normalized spacial score (nSPS) is 12.4. The molecule has 1 heterocycles. The van der Waals surface area contributed by atoms with Gasteiger partial charge in [-0.1, -0.05) is 0 Å². The van der Waals surface area contributed by atoms with Crippen molar-refractivity contribution in [3.05, 3.63) is 4.88 Å². The molecule has 0 bridgehead atoms. The standard InChI is InChI=1S/C10H14F3N3O3S2/c1-16(4-3-10(11,12)13)9-7(21(2,18)19)5(14)6(20-9)8(15)17/h3-4,14H2,1-2H3,(H2,15,17). The third kappa shape index (κ3) is 4.24. The molecule has 0 atom stereocenters. The quantitative estimate of drug-likeness (QED) is 0.834. The second-order valence-corrected chi connectivity index (χ2v) is 7.35. The summed E-state index contributed by atoms with van der Waals surface area (Å²) in [5.74, 6) is -0.933. The van der Waals surface area contributed by atoms with Gasteiger partial charge in [-0.25, -0.2) is 8.42 Å². The molecule has 21 heavy (non-hydrogen) atoms. The van der Waals surface area contributed by atoms with E-state index < -0.39 is 34.9 Å². The molecule has 0 aliphatic rings. The van der Waals surface area contributed by atoms with Crippen molar-refractivity contribution in [2.45, 2.75) is 17.5 Å². The highest BCUT2D eigenvalue weighted by atomic mass is 32.2. The van der Waals surface area contributed by atoms with E-state index in [9.17, 15) is 26.4 Å². The molecule has 0 aromatic carbocycles. The molecular weight excluding hydrogens is 331 g/mol. The van der Waals surface area contributed by atoms with Crippen molar-refractivity contribution in [3.63, 3.8) is 0 Å². The molecule has 0 radical (unpaired) electrons. The summed E-state index contributed by atoms with van der Waals surface area (Å²) in [5.41, 5.74) is 10.3. The van der Waals surface area contributed by atoms with Gasteiger partial charge in [0.2, 0.25) is 0 Å². The molecule has 11 heteroatoms. The molecule has 0 fully saturated rings. The second-order valence-electron chi connectivity index (χ2n) is 4.40. The zero-order chi connectivity index (χ0) is 16.6. The number of sulfone groups is 1. The van der Waals surface area contributed by atoms with Crippen LogP contribution in [-0.4, -0.2) is 40.3 Å². The summed E-state index contributed by atoms with van der Waals surface area (Å²) in [7, 11) is -2.53. The summed E-state index contributed by atoms with van der Waals surface area (Å²) in [5, 5.41) is -0.0342. The number of thiophene rings is 1. The van der Waals surface area contributed by atoms with E-state index in [1.54, 1.807) is 0 Å². The van der Waals surface area contributed by atoms with Gasteiger partial charge in [-0.15, -0.1) is 11.3 Å². The fourth-order valence-corrected chi connectivity index (χ4v) is 4.18. The lowest BCUT2D eigenvalue weighted by Crippen LogP contribution is -2.24. The number of carbonyl (C=O) groups is 1. The summed E-state index contributed by atoms with van der Waals surface area (Å²) in [4.78, 5) is 11.7. The molecule has 1 amide bonds. The molecule has 6 nitrogen and oxygen atoms in total. The summed E-state index contributed by atoms with van der Waals surface area (Å²) in [6.45, 7) is -0.468. The van der Waals surface area contributed by atoms with Crippen LogP contribution in [0, 0.1) is 0 Å². The summed E-state index contributed by atoms with van der Waals surface area (Å²) in [6.07, 6.45) is -4.65. The average molecular weight is 345 g/mol. The number of nitrogens with zero attached hydrogens (tertiary/aromatic N) is 1. The number of anilines is 2. The SMILES string of the molecule is CN(CCC(F)(F)F)c1sc(C(N)=O)c(N)c1S(C)(=O)=O. The topological polar surface area (TPSA) is 106 Å². The molecule has 0 aliphatic carbocycles. The molecule has 0 unspecified atom stereocenters. The van der Waals surface area contributed by atoms with E-state index in [2.05, 4.69) is 0 Å². The molecule has 0 saturated heterocycles. The van der Waals surface area contributed by atoms with Crippen molar-refractivity contribution in [1.82, 2.24) is 0 Å². The van der Waals surface area contributed by atoms with Gasteiger partial charge in [-0.3, -0.25) is 4.79 Å². The first-order valence-electron chi connectivity index (χ1n) is 5.54. The highest BCUT2D eigenvalue weighted by Gasteiger charge is 2.31. The van der Waals surface area contributed by atoms with Gasteiger partial charge in [0, 0.05) is 19.8 Å². The van der Waals surface area contributed by atoms with Crippen molar-refractivity contribution in [3.8, 4) is 0 Å². The first-order valence-corrected chi connectivity index (χ1v) is 8.25.